The molecule has 0 unspecified atom stereocenters. The summed E-state index contributed by atoms with van der Waals surface area (Å²) in [5.41, 5.74) is 0.423. The van der Waals surface area contributed by atoms with Crippen LogP contribution in [-0.2, 0) is 9.59 Å². The molecule has 1 rings (SSSR count). The molecule has 110 valence electrons. The predicted octanol–water partition coefficient (Wildman–Crippen LogP) is 3.06. The van der Waals surface area contributed by atoms with E-state index in [9.17, 15) is 9.59 Å². The van der Waals surface area contributed by atoms with Gasteiger partial charge in [0, 0.05) is 6.07 Å². The molecule has 0 aliphatic carbocycles. The van der Waals surface area contributed by atoms with Crippen LogP contribution in [0, 0.1) is 0 Å². The molecule has 0 aliphatic heterocycles. The lowest BCUT2D eigenvalue weighted by atomic mass is 10.2. The predicted molar refractivity (Wildman–Crippen MR) is 77.7 cm³/mol. The molecule has 0 heterocycles. The number of rotatable bonds is 7. The lowest BCUT2D eigenvalue weighted by molar-refractivity contribution is -0.124. The van der Waals surface area contributed by atoms with Crippen molar-refractivity contribution in [1.82, 2.24) is 0 Å². The average molecular weight is 300 g/mol. The lowest BCUT2D eigenvalue weighted by Crippen LogP contribution is -2.15. The zero-order valence-corrected chi connectivity index (χ0v) is 12.5. The molecule has 20 heavy (non-hydrogen) atoms. The normalized spacial score (nSPS) is 10.0. The summed E-state index contributed by atoms with van der Waals surface area (Å²) in [5, 5.41) is 2.98. The second-order valence-electron chi connectivity index (χ2n) is 4.07. The molecule has 1 aromatic carbocycles. The Morgan fingerprint density at radius 2 is 1.75 bits per heavy atom. The number of halogens is 1. The van der Waals surface area contributed by atoms with Gasteiger partial charge in [0.1, 0.15) is 17.3 Å². The molecular weight excluding hydrogens is 282 g/mol. The largest absolute Gasteiger partial charge is 0.492 e. The third-order valence-corrected chi connectivity index (χ3v) is 2.61. The van der Waals surface area contributed by atoms with Crippen LogP contribution in [0.4, 0.5) is 5.69 Å². The molecule has 0 aliphatic rings. The van der Waals surface area contributed by atoms with E-state index in [1.54, 1.807) is 12.1 Å². The Bertz CT molecular complexity index is 502. The molecule has 0 saturated heterocycles. The number of hydrogen-bond donors (Lipinski definition) is 1. The van der Waals surface area contributed by atoms with E-state index >= 15 is 0 Å². The highest BCUT2D eigenvalue weighted by Gasteiger charge is 2.14. The van der Waals surface area contributed by atoms with Gasteiger partial charge in [-0.3, -0.25) is 9.59 Å². The maximum atomic E-state index is 11.6. The third kappa shape index (κ3) is 4.74. The molecule has 1 aromatic rings. The van der Waals surface area contributed by atoms with Crippen molar-refractivity contribution >= 4 is 29.0 Å². The first-order valence-electron chi connectivity index (χ1n) is 6.36. The van der Waals surface area contributed by atoms with Crippen LogP contribution in [0.1, 0.15) is 27.2 Å². The smallest absolute Gasteiger partial charge is 0.231 e. The Morgan fingerprint density at radius 3 is 2.30 bits per heavy atom. The molecule has 0 bridgehead atoms. The summed E-state index contributed by atoms with van der Waals surface area (Å²) in [4.78, 5) is 22.6. The van der Waals surface area contributed by atoms with E-state index in [1.165, 1.54) is 6.92 Å². The van der Waals surface area contributed by atoms with Gasteiger partial charge < -0.3 is 14.8 Å². The minimum absolute atomic E-state index is 0.184. The molecule has 1 N–H and O–H groups in total. The van der Waals surface area contributed by atoms with Crippen molar-refractivity contribution in [2.45, 2.75) is 27.2 Å². The number of amides is 1. The van der Waals surface area contributed by atoms with Gasteiger partial charge in [-0.15, -0.1) is 0 Å². The monoisotopic (exact) mass is 299 g/mol. The van der Waals surface area contributed by atoms with E-state index < -0.39 is 5.91 Å². The van der Waals surface area contributed by atoms with E-state index in [4.69, 9.17) is 21.1 Å². The summed E-state index contributed by atoms with van der Waals surface area (Å²) in [5.74, 6) is 0.329. The first-order valence-corrected chi connectivity index (χ1v) is 6.74. The zero-order chi connectivity index (χ0) is 15.1. The van der Waals surface area contributed by atoms with Crippen molar-refractivity contribution in [1.29, 1.82) is 0 Å². The number of hydrogen-bond acceptors (Lipinski definition) is 4. The van der Waals surface area contributed by atoms with Crippen molar-refractivity contribution < 1.29 is 19.1 Å². The van der Waals surface area contributed by atoms with E-state index in [0.29, 0.717) is 35.4 Å². The van der Waals surface area contributed by atoms with Crippen LogP contribution in [0.5, 0.6) is 11.5 Å². The van der Waals surface area contributed by atoms with E-state index in [0.717, 1.165) is 0 Å². The molecule has 0 aromatic heterocycles. The van der Waals surface area contributed by atoms with Crippen LogP contribution in [-0.4, -0.2) is 24.9 Å². The highest BCUT2D eigenvalue weighted by molar-refractivity contribution is 6.32. The molecule has 0 atom stereocenters. The fraction of sp³-hybridized carbons (Fsp3) is 0.429. The van der Waals surface area contributed by atoms with Crippen LogP contribution in [0.25, 0.3) is 0 Å². The average Bonchev–Trinajstić information content (AvgIpc) is 2.34. The molecule has 0 radical (unpaired) electrons. The van der Waals surface area contributed by atoms with Gasteiger partial charge in [-0.1, -0.05) is 11.6 Å². The molecule has 5 nitrogen and oxygen atoms in total. The van der Waals surface area contributed by atoms with Crippen LogP contribution in [0.2, 0.25) is 5.02 Å². The quantitative estimate of drug-likeness (QED) is 0.786. The SMILES string of the molecule is CCOc1cc(OCC)c(NC(=O)CC(C)=O)cc1Cl. The van der Waals surface area contributed by atoms with Gasteiger partial charge in [0.05, 0.1) is 30.3 Å². The van der Waals surface area contributed by atoms with E-state index in [1.807, 2.05) is 13.8 Å². The maximum absolute atomic E-state index is 11.6. The number of nitrogens with one attached hydrogen (secondary N) is 1. The Balaban J connectivity index is 3.01. The minimum atomic E-state index is -0.404. The Hall–Kier alpha value is -1.75. The summed E-state index contributed by atoms with van der Waals surface area (Å²) in [6, 6.07) is 3.17. The standard InChI is InChI=1S/C14H18ClNO4/c1-4-19-12-8-13(20-5-2)11(7-10(12)15)16-14(18)6-9(3)17/h7-8H,4-6H2,1-3H3,(H,16,18). The second kappa shape index (κ2) is 7.75. The van der Waals surface area contributed by atoms with Crippen molar-refractivity contribution in [3.8, 4) is 11.5 Å². The number of ether oxygens (including phenoxy) is 2. The van der Waals surface area contributed by atoms with Gasteiger partial charge in [-0.05, 0) is 26.8 Å². The molecule has 0 spiro atoms. The summed E-state index contributed by atoms with van der Waals surface area (Å²) in [6.45, 7) is 5.94. The number of Topliss-reactive ketones (excluding diaryl/α,β-unsaturated/α-hetero) is 1. The van der Waals surface area contributed by atoms with Gasteiger partial charge in [-0.25, -0.2) is 0 Å². The Kier molecular flexibility index (Phi) is 6.31. The van der Waals surface area contributed by atoms with E-state index in [2.05, 4.69) is 5.32 Å². The van der Waals surface area contributed by atoms with E-state index in [-0.39, 0.29) is 12.2 Å². The minimum Gasteiger partial charge on any atom is -0.492 e. The highest BCUT2D eigenvalue weighted by Crippen LogP contribution is 2.36. The Morgan fingerprint density at radius 1 is 1.15 bits per heavy atom. The van der Waals surface area contributed by atoms with Gasteiger partial charge in [0.15, 0.2) is 0 Å². The lowest BCUT2D eigenvalue weighted by Gasteiger charge is -2.14. The maximum Gasteiger partial charge on any atom is 0.231 e. The first-order chi connectivity index (χ1) is 9.47. The summed E-state index contributed by atoms with van der Waals surface area (Å²) in [7, 11) is 0. The number of carbonyl (C=O) groups is 2. The van der Waals surface area contributed by atoms with Crippen LogP contribution >= 0.6 is 11.6 Å². The summed E-state index contributed by atoms with van der Waals surface area (Å²) >= 11 is 6.07. The molecular formula is C14H18ClNO4. The van der Waals surface area contributed by atoms with Crippen molar-refractivity contribution in [2.75, 3.05) is 18.5 Å². The van der Waals surface area contributed by atoms with Crippen LogP contribution in [0.15, 0.2) is 12.1 Å². The first kappa shape index (κ1) is 16.3. The Labute approximate surface area is 123 Å². The van der Waals surface area contributed by atoms with Crippen molar-refractivity contribution in [2.24, 2.45) is 0 Å². The molecule has 0 saturated carbocycles. The fourth-order valence-electron chi connectivity index (χ4n) is 1.59. The summed E-state index contributed by atoms with van der Waals surface area (Å²) in [6.07, 6.45) is -0.184. The second-order valence-corrected chi connectivity index (χ2v) is 4.48. The molecule has 6 heteroatoms. The van der Waals surface area contributed by atoms with Crippen LogP contribution < -0.4 is 14.8 Å². The molecule has 0 fully saturated rings. The topological polar surface area (TPSA) is 64.6 Å². The van der Waals surface area contributed by atoms with Gasteiger partial charge in [-0.2, -0.15) is 0 Å². The number of ketones is 1. The number of benzene rings is 1. The summed E-state index contributed by atoms with van der Waals surface area (Å²) < 4.78 is 10.8. The van der Waals surface area contributed by atoms with Gasteiger partial charge in [0.25, 0.3) is 0 Å². The van der Waals surface area contributed by atoms with Crippen molar-refractivity contribution in [3.63, 3.8) is 0 Å². The van der Waals surface area contributed by atoms with Crippen LogP contribution in [0.3, 0.4) is 0 Å². The van der Waals surface area contributed by atoms with Gasteiger partial charge >= 0.3 is 0 Å². The third-order valence-electron chi connectivity index (χ3n) is 2.32. The zero-order valence-electron chi connectivity index (χ0n) is 11.8. The van der Waals surface area contributed by atoms with Gasteiger partial charge in [0.2, 0.25) is 5.91 Å². The van der Waals surface area contributed by atoms with Crippen molar-refractivity contribution in [3.05, 3.63) is 17.2 Å². The molecule has 1 amide bonds. The highest BCUT2D eigenvalue weighted by atomic mass is 35.5. The number of carbonyl (C=O) groups excluding carboxylic acids is 2. The fourth-order valence-corrected chi connectivity index (χ4v) is 1.81. The number of anilines is 1.